The molecule has 13 N–H and O–H groups in total. The minimum absolute atomic E-state index is 0.0143. The van der Waals surface area contributed by atoms with Crippen LogP contribution in [-0.2, 0) is 49.4 Å². The lowest BCUT2D eigenvalue weighted by Gasteiger charge is -2.53. The van der Waals surface area contributed by atoms with E-state index in [-0.39, 0.29) is 55.7 Å². The molecule has 0 radical (unpaired) electrons. The molecule has 2 saturated carbocycles. The monoisotopic (exact) mass is 1320 g/mol. The molecule has 2 fully saturated rings. The second kappa shape index (κ2) is 22.8. The number of phenols is 2. The molecule has 0 unspecified atom stereocenters. The van der Waals surface area contributed by atoms with E-state index < -0.39 is 216 Å². The number of benzene rings is 4. The molecule has 2 aromatic heterocycles. The summed E-state index contributed by atoms with van der Waals surface area (Å²) in [7, 11) is 5.60. The summed E-state index contributed by atoms with van der Waals surface area (Å²) >= 11 is 0. The van der Waals surface area contributed by atoms with Gasteiger partial charge in [0.2, 0.25) is 34.7 Å². The summed E-state index contributed by atoms with van der Waals surface area (Å²) in [6.07, 6.45) is -2.46. The Morgan fingerprint density at radius 2 is 0.906 bits per heavy atom. The molecule has 498 valence electrons. The Balaban J connectivity index is 0.755. The van der Waals surface area contributed by atoms with Crippen LogP contribution in [0.4, 0.5) is 0 Å². The van der Waals surface area contributed by atoms with Crippen molar-refractivity contribution >= 4 is 80.3 Å². The predicted molar refractivity (Wildman–Crippen MR) is 328 cm³/mol. The van der Waals surface area contributed by atoms with Gasteiger partial charge in [0.25, 0.3) is 11.8 Å². The molecule has 6 aromatic rings. The van der Waals surface area contributed by atoms with E-state index in [1.807, 2.05) is 0 Å². The summed E-state index contributed by atoms with van der Waals surface area (Å²) in [5.74, 6) is -24.1. The standard InChI is InChI=1S/C67H60N4O25/c1-64(87)26-11-7-13-32(73)42(26)52(77)44-28(64)19-30-50(70(3)4)54(48(60(68)83)58(81)66(30,89)56(44)79)95-62(85)40-21-34(75)46-36(15-9-17-38(46)93-40)91-23-25(72)24-92-37-16-10-18-39-47(37)35(76)22-41(94-39)63(86)96-55-49(61(69)84)59(82)67(90)31(51(55)71(5)6)20-29-45(57(67)80)53(78)43-27(65(29,2)88)12-8-14-33(43)74/h7-18,21-22,25,28-31,50-51,72-74,77-78,87-90H,19-20,23-24H2,1-6H3,(H2,68,83)(H2,69,84)/t28-,29-,30-,31-,50-,51-,64+,65+,66-,67-/m0/s1. The fraction of sp³-hybridized carbons (Fsp3) is 0.313. The van der Waals surface area contributed by atoms with Crippen LogP contribution in [-0.4, -0.2) is 173 Å². The fourth-order valence-corrected chi connectivity index (χ4v) is 14.7. The highest BCUT2D eigenvalue weighted by Gasteiger charge is 2.70. The van der Waals surface area contributed by atoms with Gasteiger partial charge in [0.05, 0.1) is 34.4 Å². The third-order valence-corrected chi connectivity index (χ3v) is 19.1. The van der Waals surface area contributed by atoms with Gasteiger partial charge in [0.1, 0.15) is 98.4 Å². The summed E-state index contributed by atoms with van der Waals surface area (Å²) in [6.45, 7) is 1.43. The minimum atomic E-state index is -3.15. The Bertz CT molecular complexity index is 4500. The first kappa shape index (κ1) is 65.4. The number of aliphatic hydroxyl groups is 7. The molecule has 0 spiro atoms. The van der Waals surface area contributed by atoms with Gasteiger partial charge in [0.15, 0.2) is 22.1 Å². The predicted octanol–water partition coefficient (Wildman–Crippen LogP) is 1.20. The molecule has 0 saturated heterocycles. The van der Waals surface area contributed by atoms with Crippen molar-refractivity contribution in [1.82, 2.24) is 9.80 Å². The number of carbonyl (C=O) groups is 8. The van der Waals surface area contributed by atoms with Gasteiger partial charge in [-0.05, 0) is 102 Å². The van der Waals surface area contributed by atoms with Crippen molar-refractivity contribution in [3.8, 4) is 23.0 Å². The van der Waals surface area contributed by atoms with E-state index in [4.69, 9.17) is 39.2 Å². The number of hydrogen-bond donors (Lipinski definition) is 11. The van der Waals surface area contributed by atoms with Crippen molar-refractivity contribution in [1.29, 1.82) is 0 Å². The number of amides is 2. The average Bonchev–Trinajstić information content (AvgIpc) is 0.694. The number of nitrogens with two attached hydrogens (primary N) is 2. The number of likely N-dealkylation sites (N-methyl/N-ethyl adjacent to an activating group) is 2. The zero-order valence-electron chi connectivity index (χ0n) is 51.6. The molecular weight excluding hydrogens is 1260 g/mol. The lowest BCUT2D eigenvalue weighted by atomic mass is 9.54. The van der Waals surface area contributed by atoms with E-state index in [1.54, 1.807) is 0 Å². The zero-order valence-corrected chi connectivity index (χ0v) is 51.6. The zero-order chi connectivity index (χ0) is 69.6. The molecule has 10 atom stereocenters. The van der Waals surface area contributed by atoms with Crippen LogP contribution in [0.2, 0.25) is 0 Å². The van der Waals surface area contributed by atoms with Gasteiger partial charge in [-0.1, -0.05) is 36.4 Å². The van der Waals surface area contributed by atoms with Crippen molar-refractivity contribution in [2.24, 2.45) is 35.1 Å². The largest absolute Gasteiger partial charge is 0.507 e. The van der Waals surface area contributed by atoms with Crippen LogP contribution in [0.5, 0.6) is 23.0 Å². The van der Waals surface area contributed by atoms with Crippen LogP contribution in [0.25, 0.3) is 33.5 Å². The summed E-state index contributed by atoms with van der Waals surface area (Å²) < 4.78 is 34.7. The van der Waals surface area contributed by atoms with Gasteiger partial charge in [-0.2, -0.15) is 0 Å². The normalized spacial score (nSPS) is 26.9. The molecule has 0 bridgehead atoms. The van der Waals surface area contributed by atoms with Crippen molar-refractivity contribution in [2.45, 2.75) is 67.3 Å². The highest BCUT2D eigenvalue weighted by atomic mass is 16.6. The van der Waals surface area contributed by atoms with Gasteiger partial charge in [0, 0.05) is 47.0 Å². The second-order valence-corrected chi connectivity index (χ2v) is 25.1. The maximum Gasteiger partial charge on any atom is 0.379 e. The van der Waals surface area contributed by atoms with E-state index in [1.165, 1.54) is 125 Å². The van der Waals surface area contributed by atoms with Crippen LogP contribution < -0.4 is 31.8 Å². The van der Waals surface area contributed by atoms with Gasteiger partial charge in [-0.3, -0.25) is 48.2 Å². The van der Waals surface area contributed by atoms with Crippen molar-refractivity contribution in [3.63, 3.8) is 0 Å². The van der Waals surface area contributed by atoms with E-state index in [2.05, 4.69) is 0 Å². The second-order valence-electron chi connectivity index (χ2n) is 25.1. The Morgan fingerprint density at radius 3 is 1.25 bits per heavy atom. The summed E-state index contributed by atoms with van der Waals surface area (Å²) in [5, 5.41) is 104. The smallest absolute Gasteiger partial charge is 0.379 e. The number of primary amides is 2. The first-order valence-corrected chi connectivity index (χ1v) is 29.6. The van der Waals surface area contributed by atoms with E-state index in [9.17, 15) is 93.9 Å². The van der Waals surface area contributed by atoms with E-state index >= 15 is 0 Å². The number of carbonyl (C=O) groups excluding carboxylic acids is 8. The van der Waals surface area contributed by atoms with Crippen LogP contribution in [0.1, 0.15) is 70.1 Å². The molecule has 2 amide bonds. The van der Waals surface area contributed by atoms with Crippen molar-refractivity contribution < 1.29 is 112 Å². The average molecular weight is 1320 g/mol. The quantitative estimate of drug-likeness (QED) is 0.0415. The topological polar surface area (TPSA) is 474 Å². The maximum absolute atomic E-state index is 14.5. The highest BCUT2D eigenvalue weighted by Crippen LogP contribution is 2.59. The van der Waals surface area contributed by atoms with Crippen LogP contribution in [0.3, 0.4) is 0 Å². The number of rotatable bonds is 14. The molecule has 12 rings (SSSR count). The molecule has 6 aliphatic carbocycles. The van der Waals surface area contributed by atoms with Gasteiger partial charge in [-0.25, -0.2) is 9.59 Å². The Labute approximate surface area is 540 Å². The first-order valence-electron chi connectivity index (χ1n) is 29.6. The van der Waals surface area contributed by atoms with Crippen molar-refractivity contribution in [2.75, 3.05) is 41.4 Å². The number of hydrogen-bond acceptors (Lipinski definition) is 27. The van der Waals surface area contributed by atoms with Crippen molar-refractivity contribution in [3.05, 3.63) is 173 Å². The van der Waals surface area contributed by atoms with E-state index in [0.717, 1.165) is 0 Å². The summed E-state index contributed by atoms with van der Waals surface area (Å²) in [4.78, 5) is 143. The first-order chi connectivity index (χ1) is 45.1. The molecule has 2 heterocycles. The van der Waals surface area contributed by atoms with Crippen LogP contribution >= 0.6 is 0 Å². The van der Waals surface area contributed by atoms with Crippen LogP contribution in [0, 0.1) is 23.7 Å². The number of nitrogens with zero attached hydrogens (tertiary/aromatic N) is 2. The van der Waals surface area contributed by atoms with Gasteiger partial charge < -0.3 is 85.2 Å². The Kier molecular flexibility index (Phi) is 15.5. The lowest BCUT2D eigenvalue weighted by molar-refractivity contribution is -0.167. The van der Waals surface area contributed by atoms with Crippen LogP contribution in [0.15, 0.2) is 137 Å². The third kappa shape index (κ3) is 9.54. The summed E-state index contributed by atoms with van der Waals surface area (Å²) in [6, 6.07) is 14.2. The number of ketones is 4. The maximum atomic E-state index is 14.5. The Hall–Kier alpha value is -10.7. The van der Waals surface area contributed by atoms with Gasteiger partial charge in [-0.15, -0.1) is 0 Å². The number of esters is 2. The van der Waals surface area contributed by atoms with E-state index in [0.29, 0.717) is 12.1 Å². The number of ether oxygens (including phenoxy) is 4. The highest BCUT2D eigenvalue weighted by molar-refractivity contribution is 6.34. The Morgan fingerprint density at radius 1 is 0.552 bits per heavy atom. The molecule has 96 heavy (non-hydrogen) atoms. The molecule has 6 aliphatic rings. The SMILES string of the molecule is CN(C)[C@@H]1C(OC(=O)c2cc(=O)c3c(OCC(O)COc4cccc5oc(C(=O)OC6=C(C(N)=O)C(=O)[C@@]7(O)C(=O)C8=C(O)c9c(O)cccc9[C@@](C)(O)[C@H]8C[C@H]7[C@@H]6N(C)C)cc(=O)c45)cccc3o2)=C(C(N)=O)C(=O)[C@@]2(O)C(=O)C3=C(O)c4c(O)cccc4[C@@](C)(O)[C@H]3C[C@@H]12. The molecule has 0 aliphatic heterocycles. The van der Waals surface area contributed by atoms with Gasteiger partial charge >= 0.3 is 11.9 Å². The lowest BCUT2D eigenvalue weighted by Crippen LogP contribution is -2.68. The number of fused-ring (bicyclic) bond motifs is 8. The fourth-order valence-electron chi connectivity index (χ4n) is 14.7. The molecular formula is C67H60N4O25. The molecule has 29 heteroatoms. The minimum Gasteiger partial charge on any atom is -0.507 e. The number of aromatic hydroxyl groups is 2. The number of aliphatic hydroxyl groups excluding tert-OH is 3. The summed E-state index contributed by atoms with van der Waals surface area (Å²) in [5.41, 5.74) is -5.38. The number of phenolic OH excluding ortho intramolecular Hbond substituents is 2. The molecule has 4 aromatic carbocycles. The number of Topliss-reactive ketones (excluding diaryl/α,β-unsaturated/α-hetero) is 4. The molecule has 29 nitrogen and oxygen atoms in total. The third-order valence-electron chi connectivity index (χ3n) is 19.1.